The summed E-state index contributed by atoms with van der Waals surface area (Å²) in [6.07, 6.45) is 5.63. The van der Waals surface area contributed by atoms with E-state index in [0.29, 0.717) is 23.6 Å². The van der Waals surface area contributed by atoms with Crippen LogP contribution in [0, 0.1) is 5.82 Å². The number of carbonyl (C=O) groups excluding carboxylic acids is 1. The average molecular weight is 439 g/mol. The molecule has 3 heterocycles. The Kier molecular flexibility index (Phi) is 6.34. The summed E-state index contributed by atoms with van der Waals surface area (Å²) in [5.74, 6) is -0.106. The zero-order valence-electron chi connectivity index (χ0n) is 18.2. The first-order valence-corrected chi connectivity index (χ1v) is 10.8. The molecule has 1 aliphatic rings. The molecule has 1 saturated heterocycles. The minimum Gasteiger partial charge on any atom is -0.345 e. The lowest BCUT2D eigenvalue weighted by atomic mass is 10.0. The number of benzene rings is 1. The van der Waals surface area contributed by atoms with Gasteiger partial charge in [0.25, 0.3) is 11.5 Å². The molecule has 0 radical (unpaired) electrons. The third-order valence-corrected chi connectivity index (χ3v) is 5.57. The number of halogens is 1. The van der Waals surface area contributed by atoms with E-state index in [-0.39, 0.29) is 23.3 Å². The molecular weight excluding hydrogens is 411 g/mol. The molecule has 0 saturated carbocycles. The van der Waals surface area contributed by atoms with Crippen LogP contribution >= 0.6 is 0 Å². The van der Waals surface area contributed by atoms with Crippen LogP contribution in [0.1, 0.15) is 60.4 Å². The molecule has 168 valence electrons. The highest BCUT2D eigenvalue weighted by Crippen LogP contribution is 2.21. The standard InChI is InChI=1S/C23H27FN6O2/c1-15(2)30-14-17(13-25-30)22(32)27-20(16-5-7-18(24)8-6-16)11-19-12-21(31)28-23(26-19)29-9-3-4-10-29/h5-8,12-15,20H,3-4,9-11H2,1-2H3,(H,27,32)(H,26,28,31)/t20-/m1/s1. The summed E-state index contributed by atoms with van der Waals surface area (Å²) >= 11 is 0. The summed E-state index contributed by atoms with van der Waals surface area (Å²) < 4.78 is 15.2. The van der Waals surface area contributed by atoms with Gasteiger partial charge in [0.2, 0.25) is 5.95 Å². The van der Waals surface area contributed by atoms with Gasteiger partial charge in [-0.2, -0.15) is 5.10 Å². The topological polar surface area (TPSA) is 95.9 Å². The van der Waals surface area contributed by atoms with Crippen molar-refractivity contribution in [1.82, 2.24) is 25.1 Å². The van der Waals surface area contributed by atoms with Crippen LogP contribution in [0.3, 0.4) is 0 Å². The maximum atomic E-state index is 13.5. The van der Waals surface area contributed by atoms with Crippen LogP contribution in [0.2, 0.25) is 0 Å². The molecule has 0 unspecified atom stereocenters. The van der Waals surface area contributed by atoms with Gasteiger partial charge in [-0.1, -0.05) is 12.1 Å². The summed E-state index contributed by atoms with van der Waals surface area (Å²) in [4.78, 5) is 34.7. The lowest BCUT2D eigenvalue weighted by Gasteiger charge is -2.20. The van der Waals surface area contributed by atoms with Gasteiger partial charge >= 0.3 is 0 Å². The van der Waals surface area contributed by atoms with Gasteiger partial charge in [-0.3, -0.25) is 19.3 Å². The van der Waals surface area contributed by atoms with E-state index < -0.39 is 6.04 Å². The van der Waals surface area contributed by atoms with E-state index in [0.717, 1.165) is 31.5 Å². The summed E-state index contributed by atoms with van der Waals surface area (Å²) in [5.41, 5.74) is 1.48. The highest BCUT2D eigenvalue weighted by atomic mass is 19.1. The number of H-pyrrole nitrogens is 1. The summed E-state index contributed by atoms with van der Waals surface area (Å²) in [5, 5.41) is 7.22. The van der Waals surface area contributed by atoms with Gasteiger partial charge in [0, 0.05) is 37.8 Å². The molecule has 32 heavy (non-hydrogen) atoms. The SMILES string of the molecule is CC(C)n1cc(C(=O)N[C@H](Cc2cc(=O)[nH]c(N3CCCC3)n2)c2ccc(F)cc2)cn1. The number of nitrogens with zero attached hydrogens (tertiary/aromatic N) is 4. The van der Waals surface area contributed by atoms with Gasteiger partial charge in [0.15, 0.2) is 0 Å². The number of nitrogens with one attached hydrogen (secondary N) is 2. The van der Waals surface area contributed by atoms with Crippen molar-refractivity contribution in [3.8, 4) is 0 Å². The predicted molar refractivity (Wildman–Crippen MR) is 119 cm³/mol. The van der Waals surface area contributed by atoms with Crippen LogP contribution < -0.4 is 15.8 Å². The fourth-order valence-corrected chi connectivity index (χ4v) is 3.81. The second-order valence-electron chi connectivity index (χ2n) is 8.34. The second kappa shape index (κ2) is 9.33. The molecule has 0 spiro atoms. The minimum absolute atomic E-state index is 0.133. The number of aromatic nitrogens is 4. The summed E-state index contributed by atoms with van der Waals surface area (Å²) in [7, 11) is 0. The molecule has 2 aromatic heterocycles. The molecule has 1 fully saturated rings. The maximum absolute atomic E-state index is 13.5. The number of anilines is 1. The lowest BCUT2D eigenvalue weighted by molar-refractivity contribution is 0.0936. The average Bonchev–Trinajstić information content (AvgIpc) is 3.46. The Balaban J connectivity index is 1.60. The molecule has 3 aromatic rings. The van der Waals surface area contributed by atoms with Gasteiger partial charge in [-0.15, -0.1) is 0 Å². The quantitative estimate of drug-likeness (QED) is 0.591. The van der Waals surface area contributed by atoms with Crippen molar-refractivity contribution >= 4 is 11.9 Å². The number of rotatable bonds is 7. The number of amides is 1. The fraction of sp³-hybridized carbons (Fsp3) is 0.391. The number of carbonyl (C=O) groups is 1. The van der Waals surface area contributed by atoms with Crippen LogP contribution in [0.5, 0.6) is 0 Å². The van der Waals surface area contributed by atoms with E-state index in [1.165, 1.54) is 24.4 Å². The first-order valence-electron chi connectivity index (χ1n) is 10.8. The Morgan fingerprint density at radius 1 is 1.22 bits per heavy atom. The van der Waals surface area contributed by atoms with Gasteiger partial charge in [0.1, 0.15) is 5.82 Å². The molecule has 1 atom stereocenters. The molecule has 0 aliphatic carbocycles. The molecule has 0 bridgehead atoms. The minimum atomic E-state index is -0.494. The highest BCUT2D eigenvalue weighted by Gasteiger charge is 2.21. The van der Waals surface area contributed by atoms with Crippen molar-refractivity contribution in [1.29, 1.82) is 0 Å². The lowest BCUT2D eigenvalue weighted by Crippen LogP contribution is -2.31. The Bertz CT molecular complexity index is 1130. The Morgan fingerprint density at radius 2 is 1.94 bits per heavy atom. The van der Waals surface area contributed by atoms with Crippen LogP contribution in [0.25, 0.3) is 0 Å². The molecule has 1 amide bonds. The van der Waals surface area contributed by atoms with Crippen LogP contribution in [-0.2, 0) is 6.42 Å². The van der Waals surface area contributed by atoms with E-state index in [1.807, 2.05) is 13.8 Å². The van der Waals surface area contributed by atoms with E-state index in [2.05, 4.69) is 25.3 Å². The molecule has 2 N–H and O–H groups in total. The highest BCUT2D eigenvalue weighted by molar-refractivity contribution is 5.94. The van der Waals surface area contributed by atoms with Crippen LogP contribution in [-0.4, -0.2) is 38.7 Å². The first-order chi connectivity index (χ1) is 15.4. The van der Waals surface area contributed by atoms with E-state index in [9.17, 15) is 14.0 Å². The van der Waals surface area contributed by atoms with Gasteiger partial charge in [0.05, 0.1) is 23.5 Å². The zero-order valence-corrected chi connectivity index (χ0v) is 18.2. The van der Waals surface area contributed by atoms with Crippen LogP contribution in [0.4, 0.5) is 10.3 Å². The molecule has 8 nitrogen and oxygen atoms in total. The van der Waals surface area contributed by atoms with Gasteiger partial charge in [-0.25, -0.2) is 9.37 Å². The first kappa shape index (κ1) is 21.7. The predicted octanol–water partition coefficient (Wildman–Crippen LogP) is 3.00. The van der Waals surface area contributed by atoms with E-state index in [4.69, 9.17) is 0 Å². The molecule has 1 aromatic carbocycles. The van der Waals surface area contributed by atoms with Crippen LogP contribution in [0.15, 0.2) is 47.5 Å². The molecular formula is C23H27FN6O2. The van der Waals surface area contributed by atoms with Gasteiger partial charge < -0.3 is 10.2 Å². The van der Waals surface area contributed by atoms with E-state index >= 15 is 0 Å². The summed E-state index contributed by atoms with van der Waals surface area (Å²) in [6.45, 7) is 5.66. The van der Waals surface area contributed by atoms with Crippen molar-refractivity contribution < 1.29 is 9.18 Å². The van der Waals surface area contributed by atoms with Gasteiger partial charge in [-0.05, 0) is 44.4 Å². The Hall–Kier alpha value is -3.49. The number of aromatic amines is 1. The van der Waals surface area contributed by atoms with Crippen molar-refractivity contribution in [3.63, 3.8) is 0 Å². The van der Waals surface area contributed by atoms with Crippen molar-refractivity contribution in [3.05, 3.63) is 75.7 Å². The number of hydrogen-bond acceptors (Lipinski definition) is 5. The molecule has 4 rings (SSSR count). The largest absolute Gasteiger partial charge is 0.345 e. The van der Waals surface area contributed by atoms with E-state index in [1.54, 1.807) is 23.0 Å². The van der Waals surface area contributed by atoms with Crippen molar-refractivity contribution in [2.75, 3.05) is 18.0 Å². The Morgan fingerprint density at radius 3 is 2.59 bits per heavy atom. The van der Waals surface area contributed by atoms with Crippen molar-refractivity contribution in [2.45, 2.75) is 45.2 Å². The molecule has 1 aliphatic heterocycles. The fourth-order valence-electron chi connectivity index (χ4n) is 3.81. The third-order valence-electron chi connectivity index (χ3n) is 5.57. The smallest absolute Gasteiger partial charge is 0.254 e. The number of hydrogen-bond donors (Lipinski definition) is 2. The monoisotopic (exact) mass is 438 g/mol. The zero-order chi connectivity index (χ0) is 22.7. The summed E-state index contributed by atoms with van der Waals surface area (Å²) in [6, 6.07) is 7.05. The second-order valence-corrected chi connectivity index (χ2v) is 8.34. The third kappa shape index (κ3) is 5.04. The normalized spacial score (nSPS) is 14.7. The van der Waals surface area contributed by atoms with Crippen molar-refractivity contribution in [2.24, 2.45) is 0 Å². The molecule has 9 heteroatoms. The Labute approximate surface area is 185 Å². The maximum Gasteiger partial charge on any atom is 0.254 e.